The van der Waals surface area contributed by atoms with E-state index in [1.54, 1.807) is 0 Å². The van der Waals surface area contributed by atoms with Gasteiger partial charge in [0, 0.05) is 12.8 Å². The fourth-order valence-corrected chi connectivity index (χ4v) is 1.79. The van der Waals surface area contributed by atoms with Crippen LogP contribution in [0.4, 0.5) is 0 Å². The zero-order valence-corrected chi connectivity index (χ0v) is 7.84. The minimum Gasteiger partial charge on any atom is -0.103 e. The Balaban J connectivity index is 2.24. The van der Waals surface area contributed by atoms with E-state index in [2.05, 4.69) is 36.1 Å². The fourth-order valence-electron chi connectivity index (χ4n) is 1.79. The maximum absolute atomic E-state index is 3.22. The zero-order chi connectivity index (χ0) is 8.93. The first-order valence-electron chi connectivity index (χ1n) is 4.99. The third-order valence-corrected chi connectivity index (χ3v) is 2.51. The van der Waals surface area contributed by atoms with Crippen LogP contribution in [0, 0.1) is 11.8 Å². The molecule has 0 radical (unpaired) electrons. The molecule has 1 aliphatic carbocycles. The van der Waals surface area contributed by atoms with E-state index in [4.69, 9.17) is 0 Å². The Morgan fingerprint density at radius 3 is 2.38 bits per heavy atom. The second kappa shape index (κ2) is 4.14. The van der Waals surface area contributed by atoms with Crippen LogP contribution in [0.5, 0.6) is 0 Å². The molecule has 0 nitrogen and oxygen atoms in total. The first kappa shape index (κ1) is 8.38. The van der Waals surface area contributed by atoms with Gasteiger partial charge < -0.3 is 0 Å². The maximum Gasteiger partial charge on any atom is 0.0129 e. The van der Waals surface area contributed by atoms with Crippen molar-refractivity contribution in [3.8, 4) is 11.8 Å². The van der Waals surface area contributed by atoms with Crippen LogP contribution < -0.4 is 0 Å². The summed E-state index contributed by atoms with van der Waals surface area (Å²) in [5, 5.41) is 0. The van der Waals surface area contributed by atoms with Crippen LogP contribution in [0.25, 0.3) is 0 Å². The molecule has 0 heteroatoms. The summed E-state index contributed by atoms with van der Waals surface area (Å²) >= 11 is 0. The van der Waals surface area contributed by atoms with Crippen molar-refractivity contribution in [1.82, 2.24) is 0 Å². The van der Waals surface area contributed by atoms with Gasteiger partial charge in [0.1, 0.15) is 0 Å². The fraction of sp³-hybridized carbons (Fsp3) is 0.385. The van der Waals surface area contributed by atoms with Gasteiger partial charge in [0.25, 0.3) is 0 Å². The molecule has 13 heavy (non-hydrogen) atoms. The molecule has 0 spiro atoms. The van der Waals surface area contributed by atoms with Crippen LogP contribution in [0.2, 0.25) is 0 Å². The molecule has 0 aromatic heterocycles. The lowest BCUT2D eigenvalue weighted by Gasteiger charge is -2.05. The first-order chi connectivity index (χ1) is 6.47. The molecule has 0 saturated heterocycles. The predicted octanol–water partition coefficient (Wildman–Crippen LogP) is 2.96. The van der Waals surface area contributed by atoms with E-state index in [0.29, 0.717) is 0 Å². The lowest BCUT2D eigenvalue weighted by Crippen LogP contribution is -1.92. The topological polar surface area (TPSA) is 0 Å². The lowest BCUT2D eigenvalue weighted by molar-refractivity contribution is 0.847. The molecular formula is C13H14. The molecule has 0 amide bonds. The van der Waals surface area contributed by atoms with Gasteiger partial charge in [0.05, 0.1) is 0 Å². The van der Waals surface area contributed by atoms with Gasteiger partial charge in [-0.2, -0.15) is 0 Å². The van der Waals surface area contributed by atoms with Crippen molar-refractivity contribution in [3.63, 3.8) is 0 Å². The van der Waals surface area contributed by atoms with Gasteiger partial charge in [0.2, 0.25) is 0 Å². The average molecular weight is 170 g/mol. The van der Waals surface area contributed by atoms with Crippen molar-refractivity contribution in [2.75, 3.05) is 0 Å². The van der Waals surface area contributed by atoms with Gasteiger partial charge in [-0.25, -0.2) is 0 Å². The molecule has 66 valence electrons. The molecule has 0 fully saturated rings. The highest BCUT2D eigenvalue weighted by Gasteiger charge is 2.01. The summed E-state index contributed by atoms with van der Waals surface area (Å²) in [4.78, 5) is 0. The third kappa shape index (κ3) is 2.12. The molecule has 0 heterocycles. The summed E-state index contributed by atoms with van der Waals surface area (Å²) < 4.78 is 0. The molecule has 1 aromatic carbocycles. The largest absolute Gasteiger partial charge is 0.103 e. The van der Waals surface area contributed by atoms with E-state index in [0.717, 1.165) is 19.3 Å². The van der Waals surface area contributed by atoms with E-state index in [-0.39, 0.29) is 0 Å². The standard InChI is InChI=1S/C13H14/c1-2-4-8-12-10-6-7-11-13(12)9-5-3-1/h6-7,10-11H,2,4-5,8-9H2. The number of hydrogen-bond acceptors (Lipinski definition) is 0. The van der Waals surface area contributed by atoms with E-state index in [1.165, 1.54) is 24.0 Å². The zero-order valence-electron chi connectivity index (χ0n) is 7.84. The SMILES string of the molecule is C1#CCCc2ccccc2CCC1. The Morgan fingerprint density at radius 2 is 1.54 bits per heavy atom. The quantitative estimate of drug-likeness (QED) is 0.525. The molecule has 0 N–H and O–H groups in total. The third-order valence-electron chi connectivity index (χ3n) is 2.51. The van der Waals surface area contributed by atoms with Gasteiger partial charge in [-0.3, -0.25) is 0 Å². The Morgan fingerprint density at radius 1 is 0.846 bits per heavy atom. The van der Waals surface area contributed by atoms with E-state index in [1.807, 2.05) is 0 Å². The normalized spacial score (nSPS) is 15.7. The maximum atomic E-state index is 3.22. The molecule has 0 unspecified atom stereocenters. The molecule has 1 aromatic rings. The number of aryl methyl sites for hydroxylation is 2. The summed E-state index contributed by atoms with van der Waals surface area (Å²) in [5.41, 5.74) is 3.02. The Kier molecular flexibility index (Phi) is 2.67. The summed E-state index contributed by atoms with van der Waals surface area (Å²) in [6.07, 6.45) is 5.63. The molecule has 0 bridgehead atoms. The Labute approximate surface area is 80.0 Å². The van der Waals surface area contributed by atoms with Gasteiger partial charge in [-0.15, -0.1) is 11.8 Å². The van der Waals surface area contributed by atoms with Crippen LogP contribution >= 0.6 is 0 Å². The summed E-state index contributed by atoms with van der Waals surface area (Å²) in [5.74, 6) is 6.43. The summed E-state index contributed by atoms with van der Waals surface area (Å²) in [6, 6.07) is 8.75. The number of benzene rings is 1. The number of hydrogen-bond donors (Lipinski definition) is 0. The van der Waals surface area contributed by atoms with Crippen LogP contribution in [0.1, 0.15) is 30.4 Å². The van der Waals surface area contributed by atoms with Crippen molar-refractivity contribution < 1.29 is 0 Å². The first-order valence-corrected chi connectivity index (χ1v) is 4.99. The van der Waals surface area contributed by atoms with Crippen molar-refractivity contribution in [3.05, 3.63) is 35.4 Å². The molecule has 0 aliphatic heterocycles. The smallest absolute Gasteiger partial charge is 0.0129 e. The van der Waals surface area contributed by atoms with Crippen LogP contribution in [0.15, 0.2) is 24.3 Å². The lowest BCUT2D eigenvalue weighted by atomic mass is 10.00. The van der Waals surface area contributed by atoms with Gasteiger partial charge >= 0.3 is 0 Å². The van der Waals surface area contributed by atoms with Gasteiger partial charge in [-0.1, -0.05) is 24.3 Å². The number of fused-ring (bicyclic) bond motifs is 1. The van der Waals surface area contributed by atoms with Crippen molar-refractivity contribution in [1.29, 1.82) is 0 Å². The number of rotatable bonds is 0. The second-order valence-corrected chi connectivity index (χ2v) is 3.48. The summed E-state index contributed by atoms with van der Waals surface area (Å²) in [6.45, 7) is 0. The highest BCUT2D eigenvalue weighted by Crippen LogP contribution is 2.14. The van der Waals surface area contributed by atoms with Gasteiger partial charge in [-0.05, 0) is 30.4 Å². The molecule has 0 saturated carbocycles. The molecule has 0 atom stereocenters. The predicted molar refractivity (Wildman–Crippen MR) is 55.5 cm³/mol. The minimum atomic E-state index is 1.02. The molecule has 2 rings (SSSR count). The van der Waals surface area contributed by atoms with Gasteiger partial charge in [0.15, 0.2) is 0 Å². The second-order valence-electron chi connectivity index (χ2n) is 3.48. The van der Waals surface area contributed by atoms with Crippen molar-refractivity contribution in [2.45, 2.75) is 32.1 Å². The van der Waals surface area contributed by atoms with E-state index >= 15 is 0 Å². The molecular weight excluding hydrogens is 156 g/mol. The highest BCUT2D eigenvalue weighted by atomic mass is 14.1. The highest BCUT2D eigenvalue weighted by molar-refractivity contribution is 5.28. The van der Waals surface area contributed by atoms with E-state index < -0.39 is 0 Å². The van der Waals surface area contributed by atoms with Crippen LogP contribution in [-0.4, -0.2) is 0 Å². The Bertz CT molecular complexity index is 339. The Hall–Kier alpha value is -1.22. The summed E-state index contributed by atoms with van der Waals surface area (Å²) in [7, 11) is 0. The monoisotopic (exact) mass is 170 g/mol. The van der Waals surface area contributed by atoms with Crippen LogP contribution in [-0.2, 0) is 12.8 Å². The van der Waals surface area contributed by atoms with Crippen molar-refractivity contribution in [2.24, 2.45) is 0 Å². The average Bonchev–Trinajstić information content (AvgIpc) is 2.28. The van der Waals surface area contributed by atoms with E-state index in [9.17, 15) is 0 Å². The molecule has 1 aliphatic rings. The minimum absolute atomic E-state index is 1.02. The van der Waals surface area contributed by atoms with Crippen molar-refractivity contribution >= 4 is 0 Å². The van der Waals surface area contributed by atoms with Crippen LogP contribution in [0.3, 0.4) is 0 Å².